The topological polar surface area (TPSA) is 78.4 Å². The van der Waals surface area contributed by atoms with Gasteiger partial charge in [-0.3, -0.25) is 0 Å². The summed E-state index contributed by atoms with van der Waals surface area (Å²) >= 11 is 0. The third kappa shape index (κ3) is 3.86. The average molecular weight is 420 g/mol. The average Bonchev–Trinajstić information content (AvgIpc) is 2.73. The van der Waals surface area contributed by atoms with Crippen LogP contribution in [0.3, 0.4) is 0 Å². The Morgan fingerprint density at radius 3 is 2.62 bits per heavy atom. The van der Waals surface area contributed by atoms with Crippen molar-refractivity contribution in [1.82, 2.24) is 19.2 Å². The Bertz CT molecular complexity index is 997. The summed E-state index contributed by atoms with van der Waals surface area (Å²) in [4.78, 5) is 11.8. The molecular weight excluding hydrogens is 393 g/mol. The molecule has 1 saturated heterocycles. The fraction of sp³-hybridized carbons (Fsp3) is 0.500. The van der Waals surface area contributed by atoms with Gasteiger partial charge in [0.1, 0.15) is 17.5 Å². The van der Waals surface area contributed by atoms with Gasteiger partial charge in [-0.1, -0.05) is 6.42 Å². The monoisotopic (exact) mass is 419 g/mol. The van der Waals surface area contributed by atoms with Crippen LogP contribution < -0.4 is 5.32 Å². The van der Waals surface area contributed by atoms with Crippen LogP contribution >= 0.6 is 0 Å². The van der Waals surface area contributed by atoms with Crippen molar-refractivity contribution in [2.24, 2.45) is 0 Å². The molecule has 0 aliphatic carbocycles. The Kier molecular flexibility index (Phi) is 5.54. The van der Waals surface area contributed by atoms with Crippen LogP contribution in [0.15, 0.2) is 29.2 Å². The Hall–Kier alpha value is -2.10. The van der Waals surface area contributed by atoms with E-state index < -0.39 is 21.9 Å². The zero-order valence-corrected chi connectivity index (χ0v) is 17.5. The summed E-state index contributed by atoms with van der Waals surface area (Å²) in [5.74, 6) is 0.858. The number of fused-ring (bicyclic) bond motifs is 1. The van der Waals surface area contributed by atoms with Gasteiger partial charge in [0.05, 0.1) is 16.6 Å². The molecule has 156 valence electrons. The molecule has 0 amide bonds. The second-order valence-electron chi connectivity index (χ2n) is 7.67. The van der Waals surface area contributed by atoms with Crippen LogP contribution in [0.1, 0.15) is 42.4 Å². The summed E-state index contributed by atoms with van der Waals surface area (Å²) in [6.45, 7) is 2.06. The number of anilines is 1. The molecule has 1 aromatic carbocycles. The zero-order chi connectivity index (χ0) is 20.6. The molecule has 1 atom stereocenters. The molecule has 1 N–H and O–H groups in total. The number of hydrogen-bond acceptors (Lipinski definition) is 6. The third-order valence-electron chi connectivity index (χ3n) is 5.68. The Morgan fingerprint density at radius 2 is 1.90 bits per heavy atom. The lowest BCUT2D eigenvalue weighted by Crippen LogP contribution is -2.40. The van der Waals surface area contributed by atoms with Gasteiger partial charge in [-0.2, -0.15) is 4.31 Å². The Labute approximate surface area is 171 Å². The molecule has 0 radical (unpaired) electrons. The molecule has 2 aromatic rings. The lowest BCUT2D eigenvalue weighted by Gasteiger charge is -2.35. The summed E-state index contributed by atoms with van der Waals surface area (Å²) in [5, 5.41) is 3.16. The minimum absolute atomic E-state index is 0.0948. The standard InChI is InChI=1S/C20H26FN5O2S/c1-22-19-16-10-12-25(2)13-17(16)23-20(24-19)18-5-3-4-11-26(18)29(27,28)15-8-6-14(21)7-9-15/h6-9,18H,3-5,10-13H2,1-2H3,(H,22,23,24)/t18-/m1/s1. The molecule has 2 aliphatic rings. The van der Waals surface area contributed by atoms with Crippen LogP contribution in [0, 0.1) is 5.82 Å². The van der Waals surface area contributed by atoms with Crippen molar-refractivity contribution in [1.29, 1.82) is 0 Å². The highest BCUT2D eigenvalue weighted by Crippen LogP contribution is 2.35. The van der Waals surface area contributed by atoms with Crippen LogP contribution in [-0.2, 0) is 23.0 Å². The second kappa shape index (κ2) is 7.97. The van der Waals surface area contributed by atoms with E-state index in [9.17, 15) is 12.8 Å². The van der Waals surface area contributed by atoms with Crippen LogP contribution in [0.2, 0.25) is 0 Å². The number of halogens is 1. The second-order valence-corrected chi connectivity index (χ2v) is 9.57. The molecule has 0 unspecified atom stereocenters. The van der Waals surface area contributed by atoms with E-state index in [0.29, 0.717) is 18.8 Å². The van der Waals surface area contributed by atoms with E-state index in [4.69, 9.17) is 9.97 Å². The van der Waals surface area contributed by atoms with Gasteiger partial charge in [0.25, 0.3) is 0 Å². The van der Waals surface area contributed by atoms with Crippen LogP contribution in [0.4, 0.5) is 10.2 Å². The van der Waals surface area contributed by atoms with Crippen molar-refractivity contribution in [3.05, 3.63) is 47.2 Å². The van der Waals surface area contributed by atoms with E-state index in [1.54, 1.807) is 0 Å². The van der Waals surface area contributed by atoms with Crippen LogP contribution in [-0.4, -0.2) is 54.8 Å². The highest BCUT2D eigenvalue weighted by Gasteiger charge is 2.37. The van der Waals surface area contributed by atoms with E-state index in [1.807, 2.05) is 7.05 Å². The van der Waals surface area contributed by atoms with Gasteiger partial charge < -0.3 is 10.2 Å². The van der Waals surface area contributed by atoms with Crippen molar-refractivity contribution in [2.75, 3.05) is 32.5 Å². The molecule has 0 spiro atoms. The number of benzene rings is 1. The largest absolute Gasteiger partial charge is 0.373 e. The molecule has 7 nitrogen and oxygen atoms in total. The first-order valence-corrected chi connectivity index (χ1v) is 11.4. The molecule has 1 fully saturated rings. The number of nitrogens with zero attached hydrogens (tertiary/aromatic N) is 4. The minimum Gasteiger partial charge on any atom is -0.373 e. The lowest BCUT2D eigenvalue weighted by atomic mass is 10.0. The molecule has 0 saturated carbocycles. The zero-order valence-electron chi connectivity index (χ0n) is 16.7. The highest BCUT2D eigenvalue weighted by molar-refractivity contribution is 7.89. The quantitative estimate of drug-likeness (QED) is 0.821. The number of aromatic nitrogens is 2. The van der Waals surface area contributed by atoms with Crippen LogP contribution in [0.25, 0.3) is 0 Å². The van der Waals surface area contributed by atoms with E-state index in [1.165, 1.54) is 28.6 Å². The van der Waals surface area contributed by atoms with E-state index in [2.05, 4.69) is 17.3 Å². The fourth-order valence-corrected chi connectivity index (χ4v) is 5.78. The predicted octanol–water partition coefficient (Wildman–Crippen LogP) is 2.56. The molecule has 0 bridgehead atoms. The molecular formula is C20H26FN5O2S. The Morgan fingerprint density at radius 1 is 1.14 bits per heavy atom. The third-order valence-corrected chi connectivity index (χ3v) is 7.60. The van der Waals surface area contributed by atoms with Gasteiger partial charge >= 0.3 is 0 Å². The van der Waals surface area contributed by atoms with Crippen LogP contribution in [0.5, 0.6) is 0 Å². The summed E-state index contributed by atoms with van der Waals surface area (Å²) in [6, 6.07) is 4.56. The number of piperidine rings is 1. The molecule has 9 heteroatoms. The first-order chi connectivity index (χ1) is 13.9. The molecule has 4 rings (SSSR count). The smallest absolute Gasteiger partial charge is 0.243 e. The first-order valence-electron chi connectivity index (χ1n) is 9.93. The summed E-state index contributed by atoms with van der Waals surface area (Å²) in [6.07, 6.45) is 3.22. The number of likely N-dealkylation sites (N-methyl/N-ethyl adjacent to an activating group) is 1. The Balaban J connectivity index is 1.74. The van der Waals surface area contributed by atoms with Crippen molar-refractivity contribution < 1.29 is 12.8 Å². The maximum Gasteiger partial charge on any atom is 0.243 e. The SMILES string of the molecule is CNc1nc([C@H]2CCCCN2S(=O)(=O)c2ccc(F)cc2)nc2c1CCN(C)C2. The van der Waals surface area contributed by atoms with Crippen molar-refractivity contribution in [3.8, 4) is 0 Å². The van der Waals surface area contributed by atoms with Gasteiger partial charge in [-0.05, 0) is 50.6 Å². The van der Waals surface area contributed by atoms with Gasteiger partial charge in [-0.15, -0.1) is 0 Å². The van der Waals surface area contributed by atoms with Crippen molar-refractivity contribution >= 4 is 15.8 Å². The van der Waals surface area contributed by atoms with Crippen molar-refractivity contribution in [2.45, 2.75) is 43.2 Å². The summed E-state index contributed by atoms with van der Waals surface area (Å²) in [7, 11) is 0.111. The van der Waals surface area contributed by atoms with E-state index >= 15 is 0 Å². The summed E-state index contributed by atoms with van der Waals surface area (Å²) in [5.41, 5.74) is 2.07. The normalized spacial score (nSPS) is 21.0. The van der Waals surface area contributed by atoms with E-state index in [-0.39, 0.29) is 4.90 Å². The molecule has 2 aliphatic heterocycles. The minimum atomic E-state index is -3.77. The number of rotatable bonds is 4. The van der Waals surface area contributed by atoms with Gasteiger partial charge in [0.2, 0.25) is 10.0 Å². The maximum absolute atomic E-state index is 13.3. The predicted molar refractivity (Wildman–Crippen MR) is 109 cm³/mol. The maximum atomic E-state index is 13.3. The number of nitrogens with one attached hydrogen (secondary N) is 1. The van der Waals surface area contributed by atoms with E-state index in [0.717, 1.165) is 49.4 Å². The van der Waals surface area contributed by atoms with Gasteiger partial charge in [0.15, 0.2) is 0 Å². The molecule has 3 heterocycles. The summed E-state index contributed by atoms with van der Waals surface area (Å²) < 4.78 is 41.4. The molecule has 1 aromatic heterocycles. The van der Waals surface area contributed by atoms with Gasteiger partial charge in [0, 0.05) is 32.2 Å². The highest BCUT2D eigenvalue weighted by atomic mass is 32.2. The van der Waals surface area contributed by atoms with Crippen molar-refractivity contribution in [3.63, 3.8) is 0 Å². The number of hydrogen-bond donors (Lipinski definition) is 1. The lowest BCUT2D eigenvalue weighted by molar-refractivity contribution is 0.244. The van der Waals surface area contributed by atoms with Gasteiger partial charge in [-0.25, -0.2) is 22.8 Å². The molecule has 29 heavy (non-hydrogen) atoms. The number of sulfonamides is 1. The first kappa shape index (κ1) is 20.2. The fourth-order valence-electron chi connectivity index (χ4n) is 4.13.